The van der Waals surface area contributed by atoms with Crippen molar-refractivity contribution in [1.82, 2.24) is 4.90 Å². The van der Waals surface area contributed by atoms with E-state index in [-0.39, 0.29) is 29.8 Å². The van der Waals surface area contributed by atoms with Crippen molar-refractivity contribution in [2.75, 3.05) is 18.8 Å². The lowest BCUT2D eigenvalue weighted by Crippen LogP contribution is -2.39. The van der Waals surface area contributed by atoms with Gasteiger partial charge in [-0.05, 0) is 30.9 Å². The smallest absolute Gasteiger partial charge is 0.303 e. The van der Waals surface area contributed by atoms with Crippen LogP contribution in [0.5, 0.6) is 0 Å². The first-order valence-electron chi connectivity index (χ1n) is 6.93. The average molecular weight is 311 g/mol. The number of carbonyl (C=O) groups is 2. The van der Waals surface area contributed by atoms with Crippen LogP contribution in [0.1, 0.15) is 19.3 Å². The number of carbonyl (C=O) groups excluding carboxylic acids is 1. The zero-order chi connectivity index (χ0) is 15.2. The summed E-state index contributed by atoms with van der Waals surface area (Å²) in [6, 6.07) is 6.40. The summed E-state index contributed by atoms with van der Waals surface area (Å²) < 4.78 is 13.5. The molecule has 1 fully saturated rings. The Morgan fingerprint density at radius 3 is 2.57 bits per heavy atom. The van der Waals surface area contributed by atoms with Gasteiger partial charge in [0, 0.05) is 24.4 Å². The minimum absolute atomic E-state index is 0.0166. The quantitative estimate of drug-likeness (QED) is 0.849. The number of nitrogens with zero attached hydrogens (tertiary/aromatic N) is 1. The number of thioether (sulfide) groups is 1. The van der Waals surface area contributed by atoms with Gasteiger partial charge in [0.1, 0.15) is 5.82 Å². The maximum Gasteiger partial charge on any atom is 0.303 e. The van der Waals surface area contributed by atoms with Crippen LogP contribution in [0, 0.1) is 11.7 Å². The number of hydrogen-bond acceptors (Lipinski definition) is 3. The second kappa shape index (κ2) is 7.45. The molecule has 0 saturated carbocycles. The van der Waals surface area contributed by atoms with Crippen molar-refractivity contribution in [2.24, 2.45) is 5.92 Å². The molecule has 1 aliphatic rings. The van der Waals surface area contributed by atoms with Crippen molar-refractivity contribution in [1.29, 1.82) is 0 Å². The summed E-state index contributed by atoms with van der Waals surface area (Å²) in [5, 5.41) is 8.76. The minimum Gasteiger partial charge on any atom is -0.481 e. The van der Waals surface area contributed by atoms with Gasteiger partial charge in [0.25, 0.3) is 0 Å². The third-order valence-corrected chi connectivity index (χ3v) is 4.65. The highest BCUT2D eigenvalue weighted by atomic mass is 32.2. The van der Waals surface area contributed by atoms with Crippen LogP contribution >= 0.6 is 11.8 Å². The zero-order valence-electron chi connectivity index (χ0n) is 11.6. The van der Waals surface area contributed by atoms with Crippen LogP contribution in [0.15, 0.2) is 29.2 Å². The molecule has 0 aliphatic carbocycles. The summed E-state index contributed by atoms with van der Waals surface area (Å²) >= 11 is 1.20. The number of hydrogen-bond donors (Lipinski definition) is 1. The lowest BCUT2D eigenvalue weighted by Gasteiger charge is -2.31. The van der Waals surface area contributed by atoms with Gasteiger partial charge < -0.3 is 10.0 Å². The fourth-order valence-corrected chi connectivity index (χ4v) is 3.27. The van der Waals surface area contributed by atoms with Crippen molar-refractivity contribution < 1.29 is 19.1 Å². The van der Waals surface area contributed by atoms with Crippen molar-refractivity contribution in [3.8, 4) is 0 Å². The van der Waals surface area contributed by atoms with Crippen LogP contribution in [-0.4, -0.2) is 40.7 Å². The SMILES string of the molecule is O=C(O)CC1CCN(C(=O)CSc2ccccc2F)CC1. The number of likely N-dealkylation sites (tertiary alicyclic amines) is 1. The second-order valence-corrected chi connectivity index (χ2v) is 6.16. The Kier molecular flexibility index (Phi) is 5.61. The Morgan fingerprint density at radius 1 is 1.29 bits per heavy atom. The van der Waals surface area contributed by atoms with Crippen LogP contribution in [-0.2, 0) is 9.59 Å². The van der Waals surface area contributed by atoms with Crippen LogP contribution in [0.3, 0.4) is 0 Å². The average Bonchev–Trinajstić information content (AvgIpc) is 2.46. The van der Waals surface area contributed by atoms with Gasteiger partial charge >= 0.3 is 5.97 Å². The number of benzene rings is 1. The maximum absolute atomic E-state index is 13.5. The fraction of sp³-hybridized carbons (Fsp3) is 0.467. The monoisotopic (exact) mass is 311 g/mol. The fourth-order valence-electron chi connectivity index (χ4n) is 2.43. The predicted octanol–water partition coefficient (Wildman–Crippen LogP) is 2.63. The normalized spacial score (nSPS) is 16.0. The number of carboxylic acids is 1. The lowest BCUT2D eigenvalue weighted by atomic mass is 9.94. The van der Waals surface area contributed by atoms with E-state index in [9.17, 15) is 14.0 Å². The van der Waals surface area contributed by atoms with E-state index in [1.165, 1.54) is 17.8 Å². The number of halogens is 1. The highest BCUT2D eigenvalue weighted by Gasteiger charge is 2.24. The molecule has 21 heavy (non-hydrogen) atoms. The Labute approximate surface area is 127 Å². The molecule has 0 bridgehead atoms. The van der Waals surface area contributed by atoms with E-state index in [1.807, 2.05) is 0 Å². The van der Waals surface area contributed by atoms with Crippen molar-refractivity contribution >= 4 is 23.6 Å². The molecule has 0 atom stereocenters. The van der Waals surface area contributed by atoms with E-state index >= 15 is 0 Å². The van der Waals surface area contributed by atoms with E-state index < -0.39 is 5.97 Å². The molecule has 2 rings (SSSR count). The molecule has 114 valence electrons. The highest BCUT2D eigenvalue weighted by Crippen LogP contribution is 2.24. The molecular weight excluding hydrogens is 293 g/mol. The summed E-state index contributed by atoms with van der Waals surface area (Å²) in [6.07, 6.45) is 1.62. The largest absolute Gasteiger partial charge is 0.481 e. The number of carboxylic acid groups (broad SMARTS) is 1. The molecule has 4 nitrogen and oxygen atoms in total. The van der Waals surface area contributed by atoms with Crippen LogP contribution in [0.2, 0.25) is 0 Å². The molecule has 0 unspecified atom stereocenters. The van der Waals surface area contributed by atoms with Crippen LogP contribution in [0.4, 0.5) is 4.39 Å². The van der Waals surface area contributed by atoms with E-state index in [2.05, 4.69) is 0 Å². The van der Waals surface area contributed by atoms with Gasteiger partial charge in [-0.1, -0.05) is 12.1 Å². The lowest BCUT2D eigenvalue weighted by molar-refractivity contribution is -0.138. The van der Waals surface area contributed by atoms with E-state index in [0.717, 1.165) is 12.8 Å². The zero-order valence-corrected chi connectivity index (χ0v) is 12.4. The third-order valence-electron chi connectivity index (χ3n) is 3.62. The minimum atomic E-state index is -0.783. The van der Waals surface area contributed by atoms with Gasteiger partial charge in [-0.2, -0.15) is 0 Å². The molecule has 0 radical (unpaired) electrons. The Bertz CT molecular complexity index is 515. The topological polar surface area (TPSA) is 57.6 Å². The summed E-state index contributed by atoms with van der Waals surface area (Å²) in [7, 11) is 0. The summed E-state index contributed by atoms with van der Waals surface area (Å²) in [4.78, 5) is 25.0. The van der Waals surface area contributed by atoms with Crippen molar-refractivity contribution in [3.05, 3.63) is 30.1 Å². The van der Waals surface area contributed by atoms with Crippen LogP contribution < -0.4 is 0 Å². The highest BCUT2D eigenvalue weighted by molar-refractivity contribution is 8.00. The first-order chi connectivity index (χ1) is 10.1. The molecular formula is C15H18FNO3S. The van der Waals surface area contributed by atoms with Gasteiger partial charge in [-0.15, -0.1) is 11.8 Å². The van der Waals surface area contributed by atoms with Gasteiger partial charge in [0.2, 0.25) is 5.91 Å². The van der Waals surface area contributed by atoms with Crippen molar-refractivity contribution in [3.63, 3.8) is 0 Å². The number of amides is 1. The van der Waals surface area contributed by atoms with Crippen molar-refractivity contribution in [2.45, 2.75) is 24.2 Å². The second-order valence-electron chi connectivity index (χ2n) is 5.14. The maximum atomic E-state index is 13.5. The standard InChI is InChI=1S/C15H18FNO3S/c16-12-3-1-2-4-13(12)21-10-14(18)17-7-5-11(6-8-17)9-15(19)20/h1-4,11H,5-10H2,(H,19,20). The number of piperidine rings is 1. The molecule has 1 amide bonds. The molecule has 1 aromatic rings. The predicted molar refractivity (Wildman–Crippen MR) is 78.7 cm³/mol. The van der Waals surface area contributed by atoms with E-state index in [4.69, 9.17) is 5.11 Å². The first-order valence-corrected chi connectivity index (χ1v) is 7.91. The Hall–Kier alpha value is -1.56. The van der Waals surface area contributed by atoms with Gasteiger partial charge in [-0.3, -0.25) is 9.59 Å². The summed E-state index contributed by atoms with van der Waals surface area (Å²) in [5.41, 5.74) is 0. The third kappa shape index (κ3) is 4.74. The molecule has 0 aromatic heterocycles. The molecule has 1 N–H and O–H groups in total. The van der Waals surface area contributed by atoms with E-state index in [0.29, 0.717) is 18.0 Å². The molecule has 1 aliphatic heterocycles. The van der Waals surface area contributed by atoms with Gasteiger partial charge in [0.05, 0.1) is 5.75 Å². The molecule has 0 spiro atoms. The summed E-state index contributed by atoms with van der Waals surface area (Å²) in [6.45, 7) is 1.18. The first kappa shape index (κ1) is 15.8. The Morgan fingerprint density at radius 2 is 1.95 bits per heavy atom. The summed E-state index contributed by atoms with van der Waals surface area (Å²) in [5.74, 6) is -0.738. The molecule has 6 heteroatoms. The molecule has 1 heterocycles. The van der Waals surface area contributed by atoms with E-state index in [1.54, 1.807) is 23.1 Å². The molecule has 1 saturated heterocycles. The van der Waals surface area contributed by atoms with Gasteiger partial charge in [0.15, 0.2) is 0 Å². The number of aliphatic carboxylic acids is 1. The van der Waals surface area contributed by atoms with Crippen LogP contribution in [0.25, 0.3) is 0 Å². The van der Waals surface area contributed by atoms with Gasteiger partial charge in [-0.25, -0.2) is 4.39 Å². The number of rotatable bonds is 5. The molecule has 1 aromatic carbocycles. The Balaban J connectivity index is 1.77.